The van der Waals surface area contributed by atoms with Gasteiger partial charge in [0.2, 0.25) is 0 Å². The number of thiophene rings is 1. The largest absolute Gasteiger partial charge is 0.496 e. The third kappa shape index (κ3) is 2.92. The fourth-order valence-electron chi connectivity index (χ4n) is 2.24. The highest BCUT2D eigenvalue weighted by Gasteiger charge is 2.26. The third-order valence-corrected chi connectivity index (χ3v) is 4.67. The van der Waals surface area contributed by atoms with Crippen LogP contribution in [0.3, 0.4) is 0 Å². The fraction of sp³-hybridized carbons (Fsp3) is 0.500. The molecule has 2 aromatic rings. The molecule has 0 bridgehead atoms. The normalized spacial score (nSPS) is 12.9. The molecule has 0 saturated carbocycles. The summed E-state index contributed by atoms with van der Waals surface area (Å²) in [6.07, 6.45) is 1.86. The van der Waals surface area contributed by atoms with Crippen LogP contribution in [0, 0.1) is 0 Å². The minimum absolute atomic E-state index is 0.0780. The standard InChI is InChI=1S/C14H20BrN3OS/c1-5-16-12(14-11(19-4)6-7-20-14)13-10(15)8-17-18(13)9(2)3/h6-9,12,16H,5H2,1-4H3. The SMILES string of the molecule is CCNC(c1sccc1OC)c1c(Br)cnn1C(C)C. The van der Waals surface area contributed by atoms with Gasteiger partial charge < -0.3 is 10.1 Å². The second-order valence-electron chi connectivity index (χ2n) is 4.76. The number of ether oxygens (including phenoxy) is 1. The smallest absolute Gasteiger partial charge is 0.134 e. The number of methoxy groups -OCH3 is 1. The summed E-state index contributed by atoms with van der Waals surface area (Å²) in [6, 6.07) is 2.39. The summed E-state index contributed by atoms with van der Waals surface area (Å²) in [5.74, 6) is 0.921. The van der Waals surface area contributed by atoms with Crippen LogP contribution in [0.1, 0.15) is 43.4 Å². The first kappa shape index (κ1) is 15.5. The summed E-state index contributed by atoms with van der Waals surface area (Å²) in [4.78, 5) is 1.18. The molecular weight excluding hydrogens is 338 g/mol. The molecule has 2 heterocycles. The Bertz CT molecular complexity index is 565. The van der Waals surface area contributed by atoms with Gasteiger partial charge in [-0.25, -0.2) is 0 Å². The predicted molar refractivity (Wildman–Crippen MR) is 86.7 cm³/mol. The Morgan fingerprint density at radius 3 is 2.85 bits per heavy atom. The molecule has 0 radical (unpaired) electrons. The van der Waals surface area contributed by atoms with Crippen molar-refractivity contribution < 1.29 is 4.74 Å². The Morgan fingerprint density at radius 2 is 2.25 bits per heavy atom. The van der Waals surface area contributed by atoms with E-state index >= 15 is 0 Å². The maximum atomic E-state index is 5.48. The second kappa shape index (κ2) is 6.74. The summed E-state index contributed by atoms with van der Waals surface area (Å²) in [6.45, 7) is 7.26. The third-order valence-electron chi connectivity index (χ3n) is 3.10. The number of nitrogens with zero attached hydrogens (tertiary/aromatic N) is 2. The predicted octanol–water partition coefficient (Wildman–Crippen LogP) is 4.00. The van der Waals surface area contributed by atoms with Gasteiger partial charge in [0.05, 0.1) is 34.4 Å². The van der Waals surface area contributed by atoms with Gasteiger partial charge in [-0.2, -0.15) is 5.10 Å². The van der Waals surface area contributed by atoms with E-state index in [-0.39, 0.29) is 6.04 Å². The number of halogens is 1. The van der Waals surface area contributed by atoms with E-state index in [1.807, 2.05) is 12.3 Å². The van der Waals surface area contributed by atoms with Crippen LogP contribution < -0.4 is 10.1 Å². The Hall–Kier alpha value is -0.850. The Labute approximate surface area is 132 Å². The summed E-state index contributed by atoms with van der Waals surface area (Å²) >= 11 is 5.33. The molecule has 4 nitrogen and oxygen atoms in total. The molecule has 0 amide bonds. The van der Waals surface area contributed by atoms with Crippen LogP contribution in [-0.2, 0) is 0 Å². The van der Waals surface area contributed by atoms with Crippen molar-refractivity contribution in [1.82, 2.24) is 15.1 Å². The maximum absolute atomic E-state index is 5.48. The second-order valence-corrected chi connectivity index (χ2v) is 6.56. The highest BCUT2D eigenvalue weighted by atomic mass is 79.9. The Kier molecular flexibility index (Phi) is 5.23. The summed E-state index contributed by atoms with van der Waals surface area (Å²) in [5.41, 5.74) is 1.14. The Balaban J connectivity index is 2.51. The van der Waals surface area contributed by atoms with Gasteiger partial charge in [-0.05, 0) is 47.8 Å². The molecular formula is C14H20BrN3OS. The van der Waals surface area contributed by atoms with Gasteiger partial charge in [-0.3, -0.25) is 4.68 Å². The zero-order valence-corrected chi connectivity index (χ0v) is 14.6. The molecule has 0 fully saturated rings. The molecule has 20 heavy (non-hydrogen) atoms. The molecule has 110 valence electrons. The van der Waals surface area contributed by atoms with Gasteiger partial charge in [0, 0.05) is 6.04 Å². The van der Waals surface area contributed by atoms with Crippen molar-refractivity contribution in [3.05, 3.63) is 32.7 Å². The summed E-state index contributed by atoms with van der Waals surface area (Å²) in [5, 5.41) is 10.1. The minimum Gasteiger partial charge on any atom is -0.496 e. The van der Waals surface area contributed by atoms with E-state index in [9.17, 15) is 0 Å². The van der Waals surface area contributed by atoms with Crippen LogP contribution in [0.4, 0.5) is 0 Å². The molecule has 0 spiro atoms. The van der Waals surface area contributed by atoms with Crippen molar-refractivity contribution in [3.8, 4) is 5.75 Å². The molecule has 2 rings (SSSR count). The minimum atomic E-state index is 0.0780. The molecule has 1 N–H and O–H groups in total. The molecule has 2 aromatic heterocycles. The number of hydrogen-bond donors (Lipinski definition) is 1. The lowest BCUT2D eigenvalue weighted by Crippen LogP contribution is -2.25. The fourth-order valence-corrected chi connectivity index (χ4v) is 3.68. The van der Waals surface area contributed by atoms with E-state index in [1.165, 1.54) is 4.88 Å². The number of nitrogens with one attached hydrogen (secondary N) is 1. The van der Waals surface area contributed by atoms with Gasteiger partial charge in [-0.1, -0.05) is 6.92 Å². The van der Waals surface area contributed by atoms with Crippen LogP contribution in [0.5, 0.6) is 5.75 Å². The molecule has 0 aliphatic carbocycles. The lowest BCUT2D eigenvalue weighted by Gasteiger charge is -2.21. The van der Waals surface area contributed by atoms with Crippen LogP contribution in [0.15, 0.2) is 22.1 Å². The van der Waals surface area contributed by atoms with Crippen LogP contribution in [-0.4, -0.2) is 23.4 Å². The molecule has 0 aromatic carbocycles. The molecule has 0 aliphatic heterocycles. The topological polar surface area (TPSA) is 39.1 Å². The van der Waals surface area contributed by atoms with E-state index in [4.69, 9.17) is 4.74 Å². The lowest BCUT2D eigenvalue weighted by atomic mass is 10.1. The van der Waals surface area contributed by atoms with Crippen LogP contribution >= 0.6 is 27.3 Å². The van der Waals surface area contributed by atoms with E-state index in [1.54, 1.807) is 18.4 Å². The molecule has 1 atom stereocenters. The van der Waals surface area contributed by atoms with E-state index < -0.39 is 0 Å². The number of rotatable bonds is 6. The summed E-state index contributed by atoms with van der Waals surface area (Å²) < 4.78 is 8.55. The highest BCUT2D eigenvalue weighted by molar-refractivity contribution is 9.10. The first-order chi connectivity index (χ1) is 9.60. The van der Waals surface area contributed by atoms with E-state index in [0.29, 0.717) is 6.04 Å². The van der Waals surface area contributed by atoms with Crippen molar-refractivity contribution in [2.24, 2.45) is 0 Å². The molecule has 6 heteroatoms. The lowest BCUT2D eigenvalue weighted by molar-refractivity contribution is 0.404. The first-order valence-electron chi connectivity index (χ1n) is 6.67. The molecule has 0 saturated heterocycles. The highest BCUT2D eigenvalue weighted by Crippen LogP contribution is 2.38. The average Bonchev–Trinajstić information content (AvgIpc) is 3.02. The monoisotopic (exact) mass is 357 g/mol. The van der Waals surface area contributed by atoms with Gasteiger partial charge in [-0.15, -0.1) is 11.3 Å². The van der Waals surface area contributed by atoms with Gasteiger partial charge in [0.15, 0.2) is 0 Å². The molecule has 1 unspecified atom stereocenters. The van der Waals surface area contributed by atoms with Gasteiger partial charge in [0.25, 0.3) is 0 Å². The van der Waals surface area contributed by atoms with E-state index in [0.717, 1.165) is 22.5 Å². The number of aromatic nitrogens is 2. The van der Waals surface area contributed by atoms with Gasteiger partial charge >= 0.3 is 0 Å². The maximum Gasteiger partial charge on any atom is 0.134 e. The van der Waals surface area contributed by atoms with Crippen molar-refractivity contribution in [2.45, 2.75) is 32.9 Å². The van der Waals surface area contributed by atoms with Crippen LogP contribution in [0.2, 0.25) is 0 Å². The number of hydrogen-bond acceptors (Lipinski definition) is 4. The average molecular weight is 358 g/mol. The van der Waals surface area contributed by atoms with Crippen molar-refractivity contribution in [3.63, 3.8) is 0 Å². The Morgan fingerprint density at radius 1 is 1.50 bits per heavy atom. The van der Waals surface area contributed by atoms with E-state index in [2.05, 4.69) is 57.2 Å². The summed E-state index contributed by atoms with van der Waals surface area (Å²) in [7, 11) is 1.71. The van der Waals surface area contributed by atoms with Crippen molar-refractivity contribution >= 4 is 27.3 Å². The van der Waals surface area contributed by atoms with Gasteiger partial charge in [0.1, 0.15) is 5.75 Å². The van der Waals surface area contributed by atoms with Crippen molar-refractivity contribution in [1.29, 1.82) is 0 Å². The van der Waals surface area contributed by atoms with Crippen LogP contribution in [0.25, 0.3) is 0 Å². The quantitative estimate of drug-likeness (QED) is 0.849. The first-order valence-corrected chi connectivity index (χ1v) is 8.35. The van der Waals surface area contributed by atoms with Crippen molar-refractivity contribution in [2.75, 3.05) is 13.7 Å². The zero-order valence-electron chi connectivity index (χ0n) is 12.2. The zero-order chi connectivity index (χ0) is 14.7. The molecule has 0 aliphatic rings.